The number of tetrazole rings is 1. The van der Waals surface area contributed by atoms with Gasteiger partial charge in [0.2, 0.25) is 0 Å². The molecule has 0 fully saturated rings. The smallest absolute Gasteiger partial charge is 0.143 e. The second-order valence-electron chi connectivity index (χ2n) is 5.36. The molecule has 3 aromatic rings. The van der Waals surface area contributed by atoms with Gasteiger partial charge in [-0.1, -0.05) is 12.1 Å². The summed E-state index contributed by atoms with van der Waals surface area (Å²) < 4.78 is 14.5. The zero-order valence-electron chi connectivity index (χ0n) is 12.9. The van der Waals surface area contributed by atoms with Crippen molar-refractivity contribution in [1.29, 1.82) is 0 Å². The van der Waals surface area contributed by atoms with Crippen LogP contribution in [-0.4, -0.2) is 25.2 Å². The van der Waals surface area contributed by atoms with Crippen molar-refractivity contribution in [2.24, 2.45) is 0 Å². The predicted octanol–water partition coefficient (Wildman–Crippen LogP) is 2.61. The fourth-order valence-electron chi connectivity index (χ4n) is 2.40. The van der Waals surface area contributed by atoms with Gasteiger partial charge in [0.15, 0.2) is 0 Å². The summed E-state index contributed by atoms with van der Waals surface area (Å²) >= 11 is 0. The fourth-order valence-corrected chi connectivity index (χ4v) is 2.40. The summed E-state index contributed by atoms with van der Waals surface area (Å²) in [5, 5.41) is 14.6. The van der Waals surface area contributed by atoms with Crippen LogP contribution < -0.4 is 5.32 Å². The van der Waals surface area contributed by atoms with Crippen LogP contribution in [0.3, 0.4) is 0 Å². The van der Waals surface area contributed by atoms with E-state index < -0.39 is 0 Å². The Morgan fingerprint density at radius 2 is 1.83 bits per heavy atom. The van der Waals surface area contributed by atoms with E-state index in [1.165, 1.54) is 12.3 Å². The first-order valence-electron chi connectivity index (χ1n) is 7.34. The summed E-state index contributed by atoms with van der Waals surface area (Å²) in [6, 6.07) is 11.2. The SMILES string of the molecule is CC(N[C@H](C)c1ccc(F)cn1)c1ccc(-n2cnnn2)cc1. The second kappa shape index (κ2) is 6.62. The van der Waals surface area contributed by atoms with E-state index in [0.29, 0.717) is 0 Å². The van der Waals surface area contributed by atoms with E-state index in [9.17, 15) is 4.39 Å². The summed E-state index contributed by atoms with van der Waals surface area (Å²) in [5.74, 6) is -0.327. The Kier molecular flexibility index (Phi) is 4.38. The van der Waals surface area contributed by atoms with Crippen molar-refractivity contribution < 1.29 is 4.39 Å². The van der Waals surface area contributed by atoms with Gasteiger partial charge in [0.25, 0.3) is 0 Å². The number of rotatable bonds is 5. The highest BCUT2D eigenvalue weighted by Gasteiger charge is 2.12. The van der Waals surface area contributed by atoms with E-state index in [2.05, 4.69) is 32.7 Å². The topological polar surface area (TPSA) is 68.5 Å². The summed E-state index contributed by atoms with van der Waals surface area (Å²) in [6.07, 6.45) is 2.79. The molecule has 1 unspecified atom stereocenters. The average Bonchev–Trinajstić information content (AvgIpc) is 3.10. The van der Waals surface area contributed by atoms with Crippen molar-refractivity contribution in [2.45, 2.75) is 25.9 Å². The quantitative estimate of drug-likeness (QED) is 0.784. The second-order valence-corrected chi connectivity index (χ2v) is 5.36. The third kappa shape index (κ3) is 3.57. The van der Waals surface area contributed by atoms with E-state index in [-0.39, 0.29) is 17.9 Å². The van der Waals surface area contributed by atoms with Crippen LogP contribution in [0.2, 0.25) is 0 Å². The Bertz CT molecular complexity index is 739. The molecule has 0 bridgehead atoms. The number of hydrogen-bond donors (Lipinski definition) is 1. The molecule has 0 aliphatic rings. The van der Waals surface area contributed by atoms with Gasteiger partial charge in [-0.25, -0.2) is 9.07 Å². The molecule has 1 aromatic carbocycles. The minimum Gasteiger partial charge on any atom is -0.302 e. The molecule has 0 radical (unpaired) electrons. The molecule has 1 N–H and O–H groups in total. The van der Waals surface area contributed by atoms with Gasteiger partial charge >= 0.3 is 0 Å². The van der Waals surface area contributed by atoms with Gasteiger partial charge in [-0.2, -0.15) is 0 Å². The highest BCUT2D eigenvalue weighted by atomic mass is 19.1. The number of pyridine rings is 1. The normalized spacial score (nSPS) is 13.7. The van der Waals surface area contributed by atoms with Crippen molar-refractivity contribution in [3.05, 3.63) is 66.0 Å². The van der Waals surface area contributed by atoms with Gasteiger partial charge in [-0.05, 0) is 54.1 Å². The molecule has 0 saturated carbocycles. The van der Waals surface area contributed by atoms with Crippen LogP contribution in [0.25, 0.3) is 5.69 Å². The number of benzene rings is 1. The summed E-state index contributed by atoms with van der Waals surface area (Å²) in [5.41, 5.74) is 2.85. The minimum atomic E-state index is -0.327. The lowest BCUT2D eigenvalue weighted by Gasteiger charge is -2.20. The maximum atomic E-state index is 12.9. The van der Waals surface area contributed by atoms with Gasteiger partial charge in [-0.15, -0.1) is 5.10 Å². The van der Waals surface area contributed by atoms with Crippen LogP contribution in [0.1, 0.15) is 37.2 Å². The largest absolute Gasteiger partial charge is 0.302 e. The Balaban J connectivity index is 1.68. The molecule has 0 saturated heterocycles. The number of halogens is 1. The molecule has 0 amide bonds. The number of hydrogen-bond acceptors (Lipinski definition) is 5. The Hall–Kier alpha value is -2.67. The van der Waals surface area contributed by atoms with Crippen LogP contribution >= 0.6 is 0 Å². The molecule has 0 aliphatic carbocycles. The number of nitrogens with zero attached hydrogens (tertiary/aromatic N) is 5. The standard InChI is InChI=1S/C16H17FN6/c1-11(20-12(2)16-8-5-14(17)9-18-16)13-3-6-15(7-4-13)23-10-19-21-22-23/h3-12,20H,1-2H3/t11?,12-/m1/s1. The molecular weight excluding hydrogens is 295 g/mol. The van der Waals surface area contributed by atoms with Crippen molar-refractivity contribution in [2.75, 3.05) is 0 Å². The molecule has 0 aliphatic heterocycles. The molecule has 23 heavy (non-hydrogen) atoms. The van der Waals surface area contributed by atoms with E-state index in [0.717, 1.165) is 16.9 Å². The van der Waals surface area contributed by atoms with Crippen molar-refractivity contribution in [1.82, 2.24) is 30.5 Å². The lowest BCUT2D eigenvalue weighted by atomic mass is 10.1. The molecular formula is C16H17FN6. The highest BCUT2D eigenvalue weighted by Crippen LogP contribution is 2.19. The number of aromatic nitrogens is 5. The predicted molar refractivity (Wildman–Crippen MR) is 83.3 cm³/mol. The van der Waals surface area contributed by atoms with Gasteiger partial charge in [0.1, 0.15) is 12.1 Å². The van der Waals surface area contributed by atoms with E-state index >= 15 is 0 Å². The molecule has 3 rings (SSSR count). The first-order chi connectivity index (χ1) is 11.1. The maximum absolute atomic E-state index is 12.9. The van der Waals surface area contributed by atoms with Crippen LogP contribution in [0.5, 0.6) is 0 Å². The van der Waals surface area contributed by atoms with Gasteiger partial charge in [-0.3, -0.25) is 4.98 Å². The first-order valence-corrected chi connectivity index (χ1v) is 7.34. The summed E-state index contributed by atoms with van der Waals surface area (Å²) in [4.78, 5) is 4.11. The van der Waals surface area contributed by atoms with Gasteiger partial charge in [0, 0.05) is 12.1 Å². The number of nitrogens with one attached hydrogen (secondary N) is 1. The summed E-state index contributed by atoms with van der Waals surface area (Å²) in [7, 11) is 0. The molecule has 118 valence electrons. The van der Waals surface area contributed by atoms with Crippen LogP contribution in [0, 0.1) is 5.82 Å². The Labute approximate surface area is 133 Å². The van der Waals surface area contributed by atoms with Crippen LogP contribution in [0.4, 0.5) is 4.39 Å². The van der Waals surface area contributed by atoms with Crippen molar-refractivity contribution >= 4 is 0 Å². The Morgan fingerprint density at radius 3 is 2.43 bits per heavy atom. The highest BCUT2D eigenvalue weighted by molar-refractivity contribution is 5.34. The molecule has 6 nitrogen and oxygen atoms in total. The zero-order valence-corrected chi connectivity index (χ0v) is 12.9. The third-order valence-corrected chi connectivity index (χ3v) is 3.70. The molecule has 0 spiro atoms. The first kappa shape index (κ1) is 15.2. The fraction of sp³-hybridized carbons (Fsp3) is 0.250. The van der Waals surface area contributed by atoms with Gasteiger partial charge in [0.05, 0.1) is 17.6 Å². The average molecular weight is 312 g/mol. The molecule has 7 heteroatoms. The zero-order chi connectivity index (χ0) is 16.2. The minimum absolute atomic E-state index is 0.0183. The van der Waals surface area contributed by atoms with E-state index in [1.807, 2.05) is 31.2 Å². The third-order valence-electron chi connectivity index (χ3n) is 3.70. The van der Waals surface area contributed by atoms with Gasteiger partial charge < -0.3 is 5.32 Å². The maximum Gasteiger partial charge on any atom is 0.143 e. The van der Waals surface area contributed by atoms with E-state index in [4.69, 9.17) is 0 Å². The van der Waals surface area contributed by atoms with Crippen molar-refractivity contribution in [3.63, 3.8) is 0 Å². The molecule has 2 aromatic heterocycles. The Morgan fingerprint density at radius 1 is 1.04 bits per heavy atom. The van der Waals surface area contributed by atoms with Crippen LogP contribution in [0.15, 0.2) is 48.9 Å². The monoisotopic (exact) mass is 312 g/mol. The molecule has 2 heterocycles. The van der Waals surface area contributed by atoms with Crippen molar-refractivity contribution in [3.8, 4) is 5.69 Å². The van der Waals surface area contributed by atoms with E-state index in [1.54, 1.807) is 17.1 Å². The van der Waals surface area contributed by atoms with Crippen LogP contribution in [-0.2, 0) is 0 Å². The molecule has 2 atom stereocenters. The summed E-state index contributed by atoms with van der Waals surface area (Å²) in [6.45, 7) is 4.08. The lowest BCUT2D eigenvalue weighted by molar-refractivity contribution is 0.484. The lowest BCUT2D eigenvalue weighted by Crippen LogP contribution is -2.23.